The molecule has 3 nitrogen and oxygen atoms in total. The lowest BCUT2D eigenvalue weighted by Gasteiger charge is -2.17. The van der Waals surface area contributed by atoms with Crippen molar-refractivity contribution in [3.05, 3.63) is 59.2 Å². The molecule has 3 rings (SSSR count). The second-order valence-electron chi connectivity index (χ2n) is 4.85. The maximum absolute atomic E-state index is 12.6. The highest BCUT2D eigenvalue weighted by molar-refractivity contribution is 5.46. The van der Waals surface area contributed by atoms with E-state index in [0.29, 0.717) is 17.1 Å². The molecule has 1 aliphatic heterocycles. The van der Waals surface area contributed by atoms with Gasteiger partial charge in [0.25, 0.3) is 0 Å². The smallest absolute Gasteiger partial charge is 0.416 e. The summed E-state index contributed by atoms with van der Waals surface area (Å²) in [4.78, 5) is 0. The molecule has 6 heteroatoms. The summed E-state index contributed by atoms with van der Waals surface area (Å²) < 4.78 is 53.8. The van der Waals surface area contributed by atoms with Gasteiger partial charge in [-0.2, -0.15) is 13.2 Å². The molecular formula is C16H13F3O3. The van der Waals surface area contributed by atoms with Crippen LogP contribution in [0.3, 0.4) is 0 Å². The summed E-state index contributed by atoms with van der Waals surface area (Å²) in [6, 6.07) is 10.3. The van der Waals surface area contributed by atoms with E-state index in [1.54, 1.807) is 18.2 Å². The lowest BCUT2D eigenvalue weighted by Crippen LogP contribution is -2.07. The van der Waals surface area contributed by atoms with E-state index in [0.717, 1.165) is 17.7 Å². The third-order valence-electron chi connectivity index (χ3n) is 3.48. The third-order valence-corrected chi connectivity index (χ3v) is 3.48. The van der Waals surface area contributed by atoms with Crippen molar-refractivity contribution in [2.45, 2.75) is 12.3 Å². The number of methoxy groups -OCH3 is 1. The zero-order valence-corrected chi connectivity index (χ0v) is 11.7. The fourth-order valence-electron chi connectivity index (χ4n) is 2.39. The van der Waals surface area contributed by atoms with Crippen LogP contribution in [0.2, 0.25) is 0 Å². The normalized spacial score (nSPS) is 14.9. The minimum absolute atomic E-state index is 0.163. The fraction of sp³-hybridized carbons (Fsp3) is 0.250. The zero-order chi connectivity index (χ0) is 15.7. The molecule has 1 heterocycles. The minimum atomic E-state index is -4.35. The van der Waals surface area contributed by atoms with E-state index in [9.17, 15) is 13.2 Å². The fourth-order valence-corrected chi connectivity index (χ4v) is 2.39. The third kappa shape index (κ3) is 2.74. The van der Waals surface area contributed by atoms with E-state index in [4.69, 9.17) is 14.2 Å². The number of hydrogen-bond donors (Lipinski definition) is 0. The Kier molecular flexibility index (Phi) is 3.70. The van der Waals surface area contributed by atoms with Crippen LogP contribution in [0.25, 0.3) is 0 Å². The van der Waals surface area contributed by atoms with E-state index in [1.807, 2.05) is 0 Å². The largest absolute Gasteiger partial charge is 0.454 e. The van der Waals surface area contributed by atoms with Gasteiger partial charge in [-0.25, -0.2) is 0 Å². The van der Waals surface area contributed by atoms with Gasteiger partial charge in [-0.3, -0.25) is 0 Å². The number of benzene rings is 2. The summed E-state index contributed by atoms with van der Waals surface area (Å²) in [5.41, 5.74) is 0.734. The quantitative estimate of drug-likeness (QED) is 0.851. The molecule has 22 heavy (non-hydrogen) atoms. The van der Waals surface area contributed by atoms with Crippen molar-refractivity contribution in [3.63, 3.8) is 0 Å². The Bertz CT molecular complexity index is 665. The lowest BCUT2D eigenvalue weighted by atomic mass is 9.99. The van der Waals surface area contributed by atoms with Gasteiger partial charge in [0.1, 0.15) is 6.10 Å². The lowest BCUT2D eigenvalue weighted by molar-refractivity contribution is -0.137. The Balaban J connectivity index is 1.91. The van der Waals surface area contributed by atoms with Gasteiger partial charge in [0.05, 0.1) is 5.56 Å². The van der Waals surface area contributed by atoms with Crippen LogP contribution in [0.15, 0.2) is 42.5 Å². The van der Waals surface area contributed by atoms with Crippen LogP contribution in [-0.4, -0.2) is 13.9 Å². The Labute approximate surface area is 125 Å². The van der Waals surface area contributed by atoms with Gasteiger partial charge in [-0.05, 0) is 35.4 Å². The molecule has 0 fully saturated rings. The summed E-state index contributed by atoms with van der Waals surface area (Å²) >= 11 is 0. The Morgan fingerprint density at radius 2 is 1.59 bits per heavy atom. The van der Waals surface area contributed by atoms with Crippen LogP contribution >= 0.6 is 0 Å². The average Bonchev–Trinajstić information content (AvgIpc) is 2.95. The molecule has 0 bridgehead atoms. The molecule has 0 saturated heterocycles. The summed E-state index contributed by atoms with van der Waals surface area (Å²) in [5, 5.41) is 0. The summed E-state index contributed by atoms with van der Waals surface area (Å²) in [6.07, 6.45) is -4.82. The summed E-state index contributed by atoms with van der Waals surface area (Å²) in [5.74, 6) is 1.25. The van der Waals surface area contributed by atoms with Crippen molar-refractivity contribution < 1.29 is 27.4 Å². The van der Waals surface area contributed by atoms with Crippen LogP contribution in [0.5, 0.6) is 11.5 Å². The van der Waals surface area contributed by atoms with E-state index in [1.165, 1.54) is 19.2 Å². The molecule has 0 aromatic heterocycles. The van der Waals surface area contributed by atoms with Gasteiger partial charge in [0, 0.05) is 7.11 Å². The monoisotopic (exact) mass is 310 g/mol. The Morgan fingerprint density at radius 3 is 2.23 bits per heavy atom. The van der Waals surface area contributed by atoms with Crippen molar-refractivity contribution >= 4 is 0 Å². The molecule has 1 aliphatic rings. The van der Waals surface area contributed by atoms with Crippen LogP contribution in [0, 0.1) is 0 Å². The first kappa shape index (κ1) is 14.7. The van der Waals surface area contributed by atoms with Crippen molar-refractivity contribution in [3.8, 4) is 11.5 Å². The Hall–Kier alpha value is -2.21. The van der Waals surface area contributed by atoms with E-state index in [2.05, 4.69) is 0 Å². The predicted octanol–water partition coefficient (Wildman–Crippen LogP) is 4.17. The first-order chi connectivity index (χ1) is 10.5. The van der Waals surface area contributed by atoms with Crippen LogP contribution in [0.1, 0.15) is 22.8 Å². The van der Waals surface area contributed by atoms with Gasteiger partial charge in [-0.15, -0.1) is 0 Å². The van der Waals surface area contributed by atoms with Crippen molar-refractivity contribution in [1.82, 2.24) is 0 Å². The van der Waals surface area contributed by atoms with Crippen molar-refractivity contribution in [2.75, 3.05) is 13.9 Å². The van der Waals surface area contributed by atoms with Gasteiger partial charge < -0.3 is 14.2 Å². The molecule has 0 radical (unpaired) electrons. The molecule has 0 saturated carbocycles. The predicted molar refractivity (Wildman–Crippen MR) is 72.9 cm³/mol. The number of alkyl halides is 3. The van der Waals surface area contributed by atoms with E-state index in [-0.39, 0.29) is 6.79 Å². The topological polar surface area (TPSA) is 27.7 Å². The molecule has 2 aromatic rings. The molecule has 1 atom stereocenters. The Morgan fingerprint density at radius 1 is 0.955 bits per heavy atom. The number of ether oxygens (including phenoxy) is 3. The van der Waals surface area contributed by atoms with E-state index < -0.39 is 17.8 Å². The van der Waals surface area contributed by atoms with Crippen LogP contribution < -0.4 is 9.47 Å². The first-order valence-electron chi connectivity index (χ1n) is 6.58. The maximum atomic E-state index is 12.6. The average molecular weight is 310 g/mol. The van der Waals surface area contributed by atoms with Crippen molar-refractivity contribution in [2.24, 2.45) is 0 Å². The molecule has 116 valence electrons. The molecule has 0 spiro atoms. The van der Waals surface area contributed by atoms with Crippen LogP contribution in [0.4, 0.5) is 13.2 Å². The van der Waals surface area contributed by atoms with Gasteiger partial charge in [-0.1, -0.05) is 18.2 Å². The van der Waals surface area contributed by atoms with Gasteiger partial charge in [0.2, 0.25) is 6.79 Å². The number of fused-ring (bicyclic) bond motifs is 1. The molecular weight excluding hydrogens is 297 g/mol. The zero-order valence-electron chi connectivity index (χ0n) is 11.7. The SMILES string of the molecule is COC(c1ccc(C(F)(F)F)cc1)c1ccc2c(c1)OCO2. The van der Waals surface area contributed by atoms with E-state index >= 15 is 0 Å². The van der Waals surface area contributed by atoms with Gasteiger partial charge >= 0.3 is 6.18 Å². The summed E-state index contributed by atoms with van der Waals surface area (Å²) in [7, 11) is 1.51. The molecule has 1 unspecified atom stereocenters. The van der Waals surface area contributed by atoms with Crippen molar-refractivity contribution in [1.29, 1.82) is 0 Å². The van der Waals surface area contributed by atoms with Crippen LogP contribution in [-0.2, 0) is 10.9 Å². The minimum Gasteiger partial charge on any atom is -0.454 e. The van der Waals surface area contributed by atoms with Gasteiger partial charge in [0.15, 0.2) is 11.5 Å². The molecule has 0 amide bonds. The standard InChI is InChI=1S/C16H13F3O3/c1-20-15(10-2-5-12(6-3-10)16(17,18)19)11-4-7-13-14(8-11)22-9-21-13/h2-8,15H,9H2,1H3. The second kappa shape index (κ2) is 5.53. The first-order valence-corrected chi connectivity index (χ1v) is 6.58. The molecule has 0 aliphatic carbocycles. The second-order valence-corrected chi connectivity index (χ2v) is 4.85. The number of halogens is 3. The number of rotatable bonds is 3. The molecule has 0 N–H and O–H groups in total. The number of hydrogen-bond acceptors (Lipinski definition) is 3. The molecule has 2 aromatic carbocycles. The summed E-state index contributed by atoms with van der Waals surface area (Å²) in [6.45, 7) is 0.163. The maximum Gasteiger partial charge on any atom is 0.416 e. The highest BCUT2D eigenvalue weighted by atomic mass is 19.4. The highest BCUT2D eigenvalue weighted by Gasteiger charge is 2.30. The highest BCUT2D eigenvalue weighted by Crippen LogP contribution is 2.37.